The van der Waals surface area contributed by atoms with E-state index in [0.717, 1.165) is 5.92 Å². The molecule has 1 aliphatic rings. The van der Waals surface area contributed by atoms with Crippen molar-refractivity contribution in [1.82, 2.24) is 5.32 Å². The summed E-state index contributed by atoms with van der Waals surface area (Å²) in [5.74, 6) is 0.788. The highest BCUT2D eigenvalue weighted by molar-refractivity contribution is 4.78. The number of ether oxygens (including phenoxy) is 2. The molecular weight excluding hydrogens is 230 g/mol. The van der Waals surface area contributed by atoms with Gasteiger partial charge >= 0.3 is 0 Å². The van der Waals surface area contributed by atoms with Crippen molar-refractivity contribution in [2.24, 2.45) is 5.92 Å². The molecule has 0 spiro atoms. The molecule has 108 valence electrons. The summed E-state index contributed by atoms with van der Waals surface area (Å²) in [7, 11) is 0. The van der Waals surface area contributed by atoms with E-state index in [1.54, 1.807) is 0 Å². The Morgan fingerprint density at radius 1 is 1.22 bits per heavy atom. The lowest BCUT2D eigenvalue weighted by Crippen LogP contribution is -2.39. The minimum atomic E-state index is -0.421. The van der Waals surface area contributed by atoms with Gasteiger partial charge in [-0.1, -0.05) is 12.8 Å². The fraction of sp³-hybridized carbons (Fsp3) is 1.00. The van der Waals surface area contributed by atoms with Gasteiger partial charge in [0.1, 0.15) is 0 Å². The molecule has 1 fully saturated rings. The Labute approximate surface area is 111 Å². The van der Waals surface area contributed by atoms with E-state index in [9.17, 15) is 5.11 Å². The van der Waals surface area contributed by atoms with Gasteiger partial charge in [-0.3, -0.25) is 0 Å². The minimum absolute atomic E-state index is 0.386. The Balaban J connectivity index is 1.96. The predicted molar refractivity (Wildman–Crippen MR) is 72.7 cm³/mol. The lowest BCUT2D eigenvalue weighted by molar-refractivity contribution is 0.00538. The maximum Gasteiger partial charge on any atom is 0.0897 e. The molecule has 0 radical (unpaired) electrons. The topological polar surface area (TPSA) is 50.7 Å². The second kappa shape index (κ2) is 9.73. The molecule has 2 atom stereocenters. The molecule has 0 saturated heterocycles. The van der Waals surface area contributed by atoms with Crippen molar-refractivity contribution in [3.05, 3.63) is 0 Å². The minimum Gasteiger partial charge on any atom is -0.389 e. The quantitative estimate of drug-likeness (QED) is 0.585. The summed E-state index contributed by atoms with van der Waals surface area (Å²) < 4.78 is 10.5. The van der Waals surface area contributed by atoms with E-state index in [1.165, 1.54) is 25.7 Å². The number of rotatable bonds is 10. The smallest absolute Gasteiger partial charge is 0.0897 e. The molecule has 0 amide bonds. The predicted octanol–water partition coefficient (Wildman–Crippen LogP) is 1.57. The van der Waals surface area contributed by atoms with Crippen LogP contribution in [0, 0.1) is 5.92 Å². The number of aliphatic hydroxyl groups is 1. The largest absolute Gasteiger partial charge is 0.389 e. The van der Waals surface area contributed by atoms with Gasteiger partial charge in [-0.05, 0) is 32.6 Å². The molecule has 1 aliphatic carbocycles. The summed E-state index contributed by atoms with van der Waals surface area (Å²) in [6.07, 6.45) is 4.96. The van der Waals surface area contributed by atoms with Crippen LogP contribution in [0.25, 0.3) is 0 Å². The number of aliphatic hydroxyl groups excluding tert-OH is 1. The molecule has 0 aromatic heterocycles. The van der Waals surface area contributed by atoms with Gasteiger partial charge in [0.2, 0.25) is 0 Å². The number of nitrogens with one attached hydrogen (secondary N) is 1. The standard InChI is InChI=1S/C14H29NO3/c1-3-17-8-9-18-11-14(16)10-15-12(2)13-6-4-5-7-13/h12-16H,3-11H2,1-2H3/t12-,14?/m0/s1. The lowest BCUT2D eigenvalue weighted by Gasteiger charge is -2.22. The van der Waals surface area contributed by atoms with Gasteiger partial charge in [-0.2, -0.15) is 0 Å². The highest BCUT2D eigenvalue weighted by Gasteiger charge is 2.21. The first-order chi connectivity index (χ1) is 8.74. The molecule has 4 heteroatoms. The van der Waals surface area contributed by atoms with Crippen LogP contribution in [0.15, 0.2) is 0 Å². The number of hydrogen-bond donors (Lipinski definition) is 2. The third-order valence-corrected chi connectivity index (χ3v) is 3.67. The first-order valence-electron chi connectivity index (χ1n) is 7.31. The van der Waals surface area contributed by atoms with E-state index in [4.69, 9.17) is 9.47 Å². The van der Waals surface area contributed by atoms with Crippen LogP contribution in [-0.2, 0) is 9.47 Å². The highest BCUT2D eigenvalue weighted by atomic mass is 16.5. The van der Waals surface area contributed by atoms with Crippen LogP contribution in [0.2, 0.25) is 0 Å². The molecular formula is C14H29NO3. The molecule has 4 nitrogen and oxygen atoms in total. The average molecular weight is 259 g/mol. The second-order valence-corrected chi connectivity index (χ2v) is 5.17. The second-order valence-electron chi connectivity index (χ2n) is 5.17. The van der Waals surface area contributed by atoms with Crippen LogP contribution in [0.4, 0.5) is 0 Å². The molecule has 1 saturated carbocycles. The molecule has 2 N–H and O–H groups in total. The zero-order valence-electron chi connectivity index (χ0n) is 11.9. The summed E-state index contributed by atoms with van der Waals surface area (Å²) in [4.78, 5) is 0. The van der Waals surface area contributed by atoms with Crippen molar-refractivity contribution in [3.8, 4) is 0 Å². The summed E-state index contributed by atoms with van der Waals surface area (Å²) >= 11 is 0. The molecule has 0 heterocycles. The molecule has 0 aromatic rings. The monoisotopic (exact) mass is 259 g/mol. The normalized spacial score (nSPS) is 20.2. The maximum absolute atomic E-state index is 9.77. The van der Waals surface area contributed by atoms with E-state index in [2.05, 4.69) is 12.2 Å². The molecule has 1 rings (SSSR count). The third-order valence-electron chi connectivity index (χ3n) is 3.67. The van der Waals surface area contributed by atoms with Gasteiger partial charge in [-0.25, -0.2) is 0 Å². The zero-order chi connectivity index (χ0) is 13.2. The lowest BCUT2D eigenvalue weighted by atomic mass is 10.00. The average Bonchev–Trinajstić information content (AvgIpc) is 2.89. The Hall–Kier alpha value is -0.160. The van der Waals surface area contributed by atoms with Gasteiger partial charge in [0.15, 0.2) is 0 Å². The van der Waals surface area contributed by atoms with Crippen LogP contribution in [0.3, 0.4) is 0 Å². The maximum atomic E-state index is 9.77. The Morgan fingerprint density at radius 2 is 1.89 bits per heavy atom. The fourth-order valence-corrected chi connectivity index (χ4v) is 2.49. The van der Waals surface area contributed by atoms with E-state index in [1.807, 2.05) is 6.92 Å². The Morgan fingerprint density at radius 3 is 2.56 bits per heavy atom. The zero-order valence-corrected chi connectivity index (χ0v) is 11.9. The number of hydrogen-bond acceptors (Lipinski definition) is 4. The van der Waals surface area contributed by atoms with Gasteiger partial charge in [0.05, 0.1) is 25.9 Å². The summed E-state index contributed by atoms with van der Waals surface area (Å²) in [5.41, 5.74) is 0. The highest BCUT2D eigenvalue weighted by Crippen LogP contribution is 2.27. The van der Waals surface area contributed by atoms with Gasteiger partial charge in [-0.15, -0.1) is 0 Å². The Bertz CT molecular complexity index is 195. The van der Waals surface area contributed by atoms with Crippen molar-refractivity contribution in [1.29, 1.82) is 0 Å². The fourth-order valence-electron chi connectivity index (χ4n) is 2.49. The molecule has 0 aliphatic heterocycles. The molecule has 18 heavy (non-hydrogen) atoms. The van der Waals surface area contributed by atoms with Crippen molar-refractivity contribution >= 4 is 0 Å². The van der Waals surface area contributed by atoms with E-state index >= 15 is 0 Å². The van der Waals surface area contributed by atoms with Gasteiger partial charge in [0, 0.05) is 19.2 Å². The van der Waals surface area contributed by atoms with E-state index in [0.29, 0.717) is 39.0 Å². The summed E-state index contributed by atoms with van der Waals surface area (Å²) in [6.45, 7) is 7.07. The Kier molecular flexibility index (Phi) is 8.59. The van der Waals surface area contributed by atoms with E-state index in [-0.39, 0.29) is 0 Å². The molecule has 0 bridgehead atoms. The van der Waals surface area contributed by atoms with Crippen LogP contribution >= 0.6 is 0 Å². The van der Waals surface area contributed by atoms with Crippen LogP contribution in [-0.4, -0.2) is 50.2 Å². The summed E-state index contributed by atoms with van der Waals surface area (Å²) in [5, 5.41) is 13.2. The molecule has 1 unspecified atom stereocenters. The van der Waals surface area contributed by atoms with Crippen molar-refractivity contribution in [3.63, 3.8) is 0 Å². The van der Waals surface area contributed by atoms with Crippen LogP contribution in [0.5, 0.6) is 0 Å². The first-order valence-corrected chi connectivity index (χ1v) is 7.31. The third kappa shape index (κ3) is 6.69. The van der Waals surface area contributed by atoms with Gasteiger partial charge < -0.3 is 19.9 Å². The van der Waals surface area contributed by atoms with Crippen molar-refractivity contribution < 1.29 is 14.6 Å². The first kappa shape index (κ1) is 15.9. The van der Waals surface area contributed by atoms with Crippen molar-refractivity contribution in [2.75, 3.05) is 33.0 Å². The van der Waals surface area contributed by atoms with Crippen molar-refractivity contribution in [2.45, 2.75) is 51.7 Å². The van der Waals surface area contributed by atoms with E-state index < -0.39 is 6.10 Å². The summed E-state index contributed by atoms with van der Waals surface area (Å²) in [6, 6.07) is 0.505. The molecule has 0 aromatic carbocycles. The van der Waals surface area contributed by atoms with Crippen LogP contribution in [0.1, 0.15) is 39.5 Å². The SMILES string of the molecule is CCOCCOCC(O)CN[C@@H](C)C1CCCC1. The van der Waals surface area contributed by atoms with Crippen LogP contribution < -0.4 is 5.32 Å². The van der Waals surface area contributed by atoms with Gasteiger partial charge in [0.25, 0.3) is 0 Å².